The molecule has 0 amide bonds. The van der Waals surface area contributed by atoms with Gasteiger partial charge in [0.1, 0.15) is 11.5 Å². The van der Waals surface area contributed by atoms with Gasteiger partial charge >= 0.3 is 6.18 Å². The van der Waals surface area contributed by atoms with Crippen molar-refractivity contribution in [3.05, 3.63) is 76.8 Å². The Balaban J connectivity index is 1.98. The number of ether oxygens (including phenoxy) is 1. The standard InChI is InChI=1S/C21H14ClF4N3O3/c1-31-20(30)16-17(13-7-2-3-8-15(13)22)28-32-18(16)14-10-27-29(19(14)21(24,25)26)12-6-4-5-11(23)9-12/h2-10,20,30H,1H3. The highest BCUT2D eigenvalue weighted by Gasteiger charge is 2.41. The summed E-state index contributed by atoms with van der Waals surface area (Å²) >= 11 is 6.20. The second-order valence-electron chi connectivity index (χ2n) is 6.64. The van der Waals surface area contributed by atoms with Crippen LogP contribution in [-0.2, 0) is 10.9 Å². The number of aliphatic hydroxyl groups excluding tert-OH is 1. The maximum absolute atomic E-state index is 14.1. The number of nitrogens with zero attached hydrogens (tertiary/aromatic N) is 3. The number of aliphatic hydroxyl groups is 1. The molecule has 4 rings (SSSR count). The van der Waals surface area contributed by atoms with Gasteiger partial charge in [-0.05, 0) is 24.3 Å². The maximum atomic E-state index is 14.1. The number of hydrogen-bond donors (Lipinski definition) is 1. The van der Waals surface area contributed by atoms with Crippen LogP contribution in [0, 0.1) is 5.82 Å². The van der Waals surface area contributed by atoms with E-state index in [-0.39, 0.29) is 22.0 Å². The van der Waals surface area contributed by atoms with Crippen LogP contribution in [0.5, 0.6) is 0 Å². The third kappa shape index (κ3) is 3.88. The average molecular weight is 468 g/mol. The van der Waals surface area contributed by atoms with Crippen LogP contribution in [0.4, 0.5) is 17.6 Å². The molecular formula is C21H14ClF4N3O3. The summed E-state index contributed by atoms with van der Waals surface area (Å²) in [5.74, 6) is -1.15. The molecule has 0 radical (unpaired) electrons. The molecule has 2 heterocycles. The van der Waals surface area contributed by atoms with Gasteiger partial charge in [0.2, 0.25) is 0 Å². The third-order valence-corrected chi connectivity index (χ3v) is 4.99. The van der Waals surface area contributed by atoms with E-state index in [1.807, 2.05) is 0 Å². The number of aromatic nitrogens is 3. The SMILES string of the molecule is COC(O)c1c(-c2ccccc2Cl)noc1-c1cnn(-c2cccc(F)c2)c1C(F)(F)F. The Morgan fingerprint density at radius 3 is 2.53 bits per heavy atom. The molecule has 4 aromatic rings. The monoisotopic (exact) mass is 467 g/mol. The van der Waals surface area contributed by atoms with Gasteiger partial charge in [0, 0.05) is 12.7 Å². The largest absolute Gasteiger partial charge is 0.434 e. The topological polar surface area (TPSA) is 73.3 Å². The van der Waals surface area contributed by atoms with Gasteiger partial charge in [-0.3, -0.25) is 0 Å². The molecule has 1 N–H and O–H groups in total. The van der Waals surface area contributed by atoms with Gasteiger partial charge in [-0.25, -0.2) is 9.07 Å². The fraction of sp³-hybridized carbons (Fsp3) is 0.143. The third-order valence-electron chi connectivity index (χ3n) is 4.66. The number of hydrogen-bond acceptors (Lipinski definition) is 5. The highest BCUT2D eigenvalue weighted by atomic mass is 35.5. The molecule has 0 aliphatic carbocycles. The quantitative estimate of drug-likeness (QED) is 0.303. The van der Waals surface area contributed by atoms with Crippen molar-refractivity contribution in [3.63, 3.8) is 0 Å². The van der Waals surface area contributed by atoms with Crippen LogP contribution < -0.4 is 0 Å². The number of alkyl halides is 3. The lowest BCUT2D eigenvalue weighted by Crippen LogP contribution is -2.15. The second-order valence-corrected chi connectivity index (χ2v) is 7.05. The summed E-state index contributed by atoms with van der Waals surface area (Å²) in [7, 11) is 1.17. The number of rotatable bonds is 5. The summed E-state index contributed by atoms with van der Waals surface area (Å²) < 4.78 is 66.6. The molecule has 6 nitrogen and oxygen atoms in total. The van der Waals surface area contributed by atoms with Crippen molar-refractivity contribution in [1.82, 2.24) is 14.9 Å². The molecule has 2 aromatic carbocycles. The average Bonchev–Trinajstić information content (AvgIpc) is 3.38. The van der Waals surface area contributed by atoms with Crippen molar-refractivity contribution in [2.75, 3.05) is 7.11 Å². The zero-order valence-corrected chi connectivity index (χ0v) is 17.0. The van der Waals surface area contributed by atoms with Gasteiger partial charge in [0.15, 0.2) is 17.7 Å². The second kappa shape index (κ2) is 8.38. The Kier molecular flexibility index (Phi) is 5.76. The zero-order valence-electron chi connectivity index (χ0n) is 16.3. The number of benzene rings is 2. The first-order chi connectivity index (χ1) is 15.2. The molecule has 166 valence electrons. The van der Waals surface area contributed by atoms with Crippen LogP contribution in [0.3, 0.4) is 0 Å². The minimum absolute atomic E-state index is 0.00609. The van der Waals surface area contributed by atoms with E-state index in [2.05, 4.69) is 10.3 Å². The van der Waals surface area contributed by atoms with E-state index in [4.69, 9.17) is 20.9 Å². The lowest BCUT2D eigenvalue weighted by Gasteiger charge is -2.14. The first kappa shape index (κ1) is 22.0. The van der Waals surface area contributed by atoms with E-state index in [1.165, 1.54) is 19.2 Å². The maximum Gasteiger partial charge on any atom is 0.434 e. The van der Waals surface area contributed by atoms with Crippen molar-refractivity contribution < 1.29 is 31.9 Å². The van der Waals surface area contributed by atoms with Crippen molar-refractivity contribution in [2.24, 2.45) is 0 Å². The molecule has 0 bridgehead atoms. The molecule has 1 atom stereocenters. The Bertz CT molecular complexity index is 1270. The predicted octanol–water partition coefficient (Wildman–Crippen LogP) is 5.64. The lowest BCUT2D eigenvalue weighted by atomic mass is 10.0. The summed E-state index contributed by atoms with van der Waals surface area (Å²) in [5, 5.41) is 18.3. The summed E-state index contributed by atoms with van der Waals surface area (Å²) in [4.78, 5) is 0. The van der Waals surface area contributed by atoms with Crippen molar-refractivity contribution in [1.29, 1.82) is 0 Å². The minimum Gasteiger partial charge on any atom is -0.364 e. The van der Waals surface area contributed by atoms with E-state index in [0.717, 1.165) is 18.3 Å². The molecule has 0 saturated heterocycles. The van der Waals surface area contributed by atoms with Crippen LogP contribution in [0.15, 0.2) is 59.3 Å². The van der Waals surface area contributed by atoms with Crippen molar-refractivity contribution in [3.8, 4) is 28.3 Å². The van der Waals surface area contributed by atoms with Gasteiger partial charge in [0.25, 0.3) is 0 Å². The summed E-state index contributed by atoms with van der Waals surface area (Å²) in [6.07, 6.45) is -5.69. The van der Waals surface area contributed by atoms with Crippen LogP contribution >= 0.6 is 11.6 Å². The summed E-state index contributed by atoms with van der Waals surface area (Å²) in [6.45, 7) is 0. The van der Waals surface area contributed by atoms with Gasteiger partial charge in [-0.2, -0.15) is 18.3 Å². The highest BCUT2D eigenvalue weighted by molar-refractivity contribution is 6.33. The minimum atomic E-state index is -4.91. The number of halogens is 5. The van der Waals surface area contributed by atoms with E-state index in [0.29, 0.717) is 10.2 Å². The molecule has 11 heteroatoms. The van der Waals surface area contributed by atoms with Crippen molar-refractivity contribution in [2.45, 2.75) is 12.5 Å². The molecule has 0 spiro atoms. The van der Waals surface area contributed by atoms with Crippen LogP contribution in [0.25, 0.3) is 28.3 Å². The predicted molar refractivity (Wildman–Crippen MR) is 106 cm³/mol. The molecule has 0 aliphatic rings. The summed E-state index contributed by atoms with van der Waals surface area (Å²) in [6, 6.07) is 11.0. The Morgan fingerprint density at radius 2 is 1.88 bits per heavy atom. The Labute approximate surface area is 183 Å². The van der Waals surface area contributed by atoms with Crippen LogP contribution in [0.2, 0.25) is 5.02 Å². The van der Waals surface area contributed by atoms with Gasteiger partial charge in [0.05, 0.1) is 28.0 Å². The Hall–Kier alpha value is -3.21. The molecule has 0 fully saturated rings. The first-order valence-electron chi connectivity index (χ1n) is 9.09. The number of methoxy groups -OCH3 is 1. The molecule has 2 aromatic heterocycles. The van der Waals surface area contributed by atoms with E-state index < -0.39 is 35.3 Å². The molecular weight excluding hydrogens is 454 g/mol. The van der Waals surface area contributed by atoms with Crippen molar-refractivity contribution >= 4 is 11.6 Å². The van der Waals surface area contributed by atoms with Crippen LogP contribution in [0.1, 0.15) is 17.5 Å². The molecule has 0 aliphatic heterocycles. The van der Waals surface area contributed by atoms with E-state index in [1.54, 1.807) is 24.3 Å². The van der Waals surface area contributed by atoms with Gasteiger partial charge in [-0.15, -0.1) is 0 Å². The van der Waals surface area contributed by atoms with E-state index >= 15 is 0 Å². The van der Waals surface area contributed by atoms with Gasteiger partial charge < -0.3 is 14.4 Å². The normalized spacial score (nSPS) is 12.8. The molecule has 32 heavy (non-hydrogen) atoms. The fourth-order valence-corrected chi connectivity index (χ4v) is 3.50. The zero-order chi connectivity index (χ0) is 23.0. The Morgan fingerprint density at radius 1 is 1.12 bits per heavy atom. The summed E-state index contributed by atoms with van der Waals surface area (Å²) in [5.41, 5.74) is -1.74. The van der Waals surface area contributed by atoms with Gasteiger partial charge in [-0.1, -0.05) is 41.0 Å². The van der Waals surface area contributed by atoms with Crippen LogP contribution in [-0.4, -0.2) is 27.2 Å². The lowest BCUT2D eigenvalue weighted by molar-refractivity contribution is -0.142. The molecule has 1 unspecified atom stereocenters. The van der Waals surface area contributed by atoms with E-state index in [9.17, 15) is 22.7 Å². The fourth-order valence-electron chi connectivity index (χ4n) is 3.28. The highest BCUT2D eigenvalue weighted by Crippen LogP contribution is 2.44. The first-order valence-corrected chi connectivity index (χ1v) is 9.47. The molecule has 0 saturated carbocycles. The smallest absolute Gasteiger partial charge is 0.364 e.